The van der Waals surface area contributed by atoms with Crippen molar-refractivity contribution in [2.24, 2.45) is 0 Å². The van der Waals surface area contributed by atoms with Gasteiger partial charge in [0, 0.05) is 0 Å². The zero-order chi connectivity index (χ0) is 10.0. The van der Waals surface area contributed by atoms with Crippen molar-refractivity contribution in [1.29, 1.82) is 0 Å². The van der Waals surface area contributed by atoms with Gasteiger partial charge >= 0.3 is 0 Å². The highest BCUT2D eigenvalue weighted by Crippen LogP contribution is 2.24. The molecular weight excluding hydrogens is 196 g/mol. The van der Waals surface area contributed by atoms with Crippen LogP contribution in [0.25, 0.3) is 0 Å². The van der Waals surface area contributed by atoms with E-state index < -0.39 is 9.84 Å². The van der Waals surface area contributed by atoms with Gasteiger partial charge in [0.25, 0.3) is 0 Å². The van der Waals surface area contributed by atoms with Gasteiger partial charge in [-0.25, -0.2) is 8.42 Å². The summed E-state index contributed by atoms with van der Waals surface area (Å²) in [5.41, 5.74) is 0. The number of hydrogen-bond donors (Lipinski definition) is 0. The van der Waals surface area contributed by atoms with Crippen molar-refractivity contribution in [3.05, 3.63) is 42.5 Å². The quantitative estimate of drug-likeness (QED) is 0.698. The monoisotopic (exact) mass is 208 g/mol. The standard InChI is InChI=1S/C11H12O2S/c12-14(13,11-8-4-5-9-11)10-6-2-1-3-7-10/h1-7,11H,8-9H2. The van der Waals surface area contributed by atoms with Gasteiger partial charge in [0.2, 0.25) is 0 Å². The molecule has 0 radical (unpaired) electrons. The summed E-state index contributed by atoms with van der Waals surface area (Å²) in [4.78, 5) is 0.439. The third kappa shape index (κ3) is 1.60. The van der Waals surface area contributed by atoms with Gasteiger partial charge in [-0.15, -0.1) is 0 Å². The van der Waals surface area contributed by atoms with E-state index in [4.69, 9.17) is 0 Å². The molecule has 74 valence electrons. The fourth-order valence-corrected chi connectivity index (χ4v) is 3.30. The molecule has 1 aromatic carbocycles. The van der Waals surface area contributed by atoms with Gasteiger partial charge in [0.1, 0.15) is 0 Å². The second-order valence-corrected chi connectivity index (χ2v) is 5.65. The summed E-state index contributed by atoms with van der Waals surface area (Å²) < 4.78 is 24.0. The summed E-state index contributed by atoms with van der Waals surface area (Å²) in [7, 11) is -3.10. The van der Waals surface area contributed by atoms with Crippen LogP contribution in [0.15, 0.2) is 47.4 Å². The van der Waals surface area contributed by atoms with E-state index in [1.807, 2.05) is 18.2 Å². The lowest BCUT2D eigenvalue weighted by Crippen LogP contribution is -2.17. The van der Waals surface area contributed by atoms with Gasteiger partial charge < -0.3 is 0 Å². The van der Waals surface area contributed by atoms with Gasteiger partial charge in [0.15, 0.2) is 9.84 Å². The van der Waals surface area contributed by atoms with Gasteiger partial charge in [0.05, 0.1) is 10.1 Å². The lowest BCUT2D eigenvalue weighted by Gasteiger charge is -2.10. The number of benzene rings is 1. The van der Waals surface area contributed by atoms with Crippen molar-refractivity contribution < 1.29 is 8.42 Å². The van der Waals surface area contributed by atoms with Crippen LogP contribution in [0.5, 0.6) is 0 Å². The van der Waals surface area contributed by atoms with Crippen molar-refractivity contribution in [2.45, 2.75) is 23.0 Å². The Morgan fingerprint density at radius 3 is 2.14 bits per heavy atom. The van der Waals surface area contributed by atoms with E-state index in [9.17, 15) is 8.42 Å². The number of allylic oxidation sites excluding steroid dienone is 2. The van der Waals surface area contributed by atoms with Gasteiger partial charge in [-0.1, -0.05) is 30.4 Å². The predicted octanol–water partition coefficient (Wildman–Crippen LogP) is 2.18. The van der Waals surface area contributed by atoms with Crippen molar-refractivity contribution in [3.8, 4) is 0 Å². The minimum atomic E-state index is -3.10. The first-order valence-electron chi connectivity index (χ1n) is 4.65. The third-order valence-electron chi connectivity index (χ3n) is 2.48. The molecule has 0 aliphatic heterocycles. The lowest BCUT2D eigenvalue weighted by molar-refractivity contribution is 0.582. The van der Waals surface area contributed by atoms with E-state index >= 15 is 0 Å². The minimum Gasteiger partial charge on any atom is -0.223 e. The molecule has 0 aromatic heterocycles. The Balaban J connectivity index is 2.34. The third-order valence-corrected chi connectivity index (χ3v) is 4.67. The molecule has 0 atom stereocenters. The Bertz CT molecular complexity index is 424. The SMILES string of the molecule is O=S(=O)(c1ccccc1)C1CC=CC1. The molecule has 0 saturated heterocycles. The Morgan fingerprint density at radius 1 is 1.00 bits per heavy atom. The molecular formula is C11H12O2S. The van der Waals surface area contributed by atoms with Crippen molar-refractivity contribution >= 4 is 9.84 Å². The van der Waals surface area contributed by atoms with E-state index in [-0.39, 0.29) is 5.25 Å². The molecule has 0 heterocycles. The summed E-state index contributed by atoms with van der Waals surface area (Å²) in [6, 6.07) is 8.66. The zero-order valence-corrected chi connectivity index (χ0v) is 8.57. The second kappa shape index (κ2) is 3.58. The first kappa shape index (κ1) is 9.46. The summed E-state index contributed by atoms with van der Waals surface area (Å²) in [5, 5.41) is -0.245. The van der Waals surface area contributed by atoms with Crippen LogP contribution in [0.1, 0.15) is 12.8 Å². The predicted molar refractivity (Wildman–Crippen MR) is 55.8 cm³/mol. The molecule has 1 aliphatic rings. The largest absolute Gasteiger partial charge is 0.223 e. The summed E-state index contributed by atoms with van der Waals surface area (Å²) in [6.45, 7) is 0. The highest BCUT2D eigenvalue weighted by molar-refractivity contribution is 7.92. The smallest absolute Gasteiger partial charge is 0.181 e. The summed E-state index contributed by atoms with van der Waals surface area (Å²) in [5.74, 6) is 0. The molecule has 0 unspecified atom stereocenters. The Labute approximate surface area is 84.2 Å². The van der Waals surface area contributed by atoms with E-state index in [0.717, 1.165) is 0 Å². The molecule has 0 saturated carbocycles. The fraction of sp³-hybridized carbons (Fsp3) is 0.273. The summed E-state index contributed by atoms with van der Waals surface area (Å²) >= 11 is 0. The molecule has 0 N–H and O–H groups in total. The number of hydrogen-bond acceptors (Lipinski definition) is 2. The molecule has 0 bridgehead atoms. The van der Waals surface area contributed by atoms with Gasteiger partial charge in [-0.2, -0.15) is 0 Å². The molecule has 2 nitrogen and oxygen atoms in total. The van der Waals surface area contributed by atoms with E-state index in [0.29, 0.717) is 17.7 Å². The first-order chi connectivity index (χ1) is 6.71. The van der Waals surface area contributed by atoms with Crippen LogP contribution >= 0.6 is 0 Å². The second-order valence-electron chi connectivity index (χ2n) is 3.42. The Hall–Kier alpha value is -1.09. The highest BCUT2D eigenvalue weighted by atomic mass is 32.2. The van der Waals surface area contributed by atoms with Crippen molar-refractivity contribution in [2.75, 3.05) is 0 Å². The molecule has 0 spiro atoms. The van der Waals surface area contributed by atoms with Crippen LogP contribution in [0, 0.1) is 0 Å². The molecule has 1 aliphatic carbocycles. The van der Waals surface area contributed by atoms with Crippen LogP contribution in [-0.2, 0) is 9.84 Å². The van der Waals surface area contributed by atoms with E-state index in [1.54, 1.807) is 24.3 Å². The van der Waals surface area contributed by atoms with Crippen LogP contribution in [-0.4, -0.2) is 13.7 Å². The first-order valence-corrected chi connectivity index (χ1v) is 6.20. The minimum absolute atomic E-state index is 0.245. The fourth-order valence-electron chi connectivity index (χ4n) is 1.65. The normalized spacial score (nSPS) is 17.4. The molecule has 0 fully saturated rings. The van der Waals surface area contributed by atoms with Crippen LogP contribution < -0.4 is 0 Å². The maximum Gasteiger partial charge on any atom is 0.181 e. The molecule has 14 heavy (non-hydrogen) atoms. The molecule has 2 rings (SSSR count). The van der Waals surface area contributed by atoms with Gasteiger partial charge in [-0.3, -0.25) is 0 Å². The topological polar surface area (TPSA) is 34.1 Å². The van der Waals surface area contributed by atoms with Crippen molar-refractivity contribution in [3.63, 3.8) is 0 Å². The van der Waals surface area contributed by atoms with Crippen LogP contribution in [0.2, 0.25) is 0 Å². The average Bonchev–Trinajstić information content (AvgIpc) is 2.72. The lowest BCUT2D eigenvalue weighted by atomic mass is 10.3. The zero-order valence-electron chi connectivity index (χ0n) is 7.76. The Kier molecular flexibility index (Phi) is 2.42. The number of rotatable bonds is 2. The molecule has 1 aromatic rings. The highest BCUT2D eigenvalue weighted by Gasteiger charge is 2.27. The molecule has 0 amide bonds. The van der Waals surface area contributed by atoms with E-state index in [2.05, 4.69) is 0 Å². The maximum atomic E-state index is 12.0. The average molecular weight is 208 g/mol. The van der Waals surface area contributed by atoms with Crippen molar-refractivity contribution in [1.82, 2.24) is 0 Å². The maximum absolute atomic E-state index is 12.0. The van der Waals surface area contributed by atoms with Gasteiger partial charge in [-0.05, 0) is 25.0 Å². The summed E-state index contributed by atoms with van der Waals surface area (Å²) in [6.07, 6.45) is 5.17. The van der Waals surface area contributed by atoms with E-state index in [1.165, 1.54) is 0 Å². The number of sulfone groups is 1. The molecule has 3 heteroatoms. The Morgan fingerprint density at radius 2 is 1.57 bits per heavy atom. The van der Waals surface area contributed by atoms with Crippen LogP contribution in [0.4, 0.5) is 0 Å². The van der Waals surface area contributed by atoms with Crippen LogP contribution in [0.3, 0.4) is 0 Å².